The molecule has 10 nitrogen and oxygen atoms in total. The highest BCUT2D eigenvalue weighted by atomic mass is 32.2. The van der Waals surface area contributed by atoms with E-state index >= 15 is 0 Å². The van der Waals surface area contributed by atoms with Gasteiger partial charge in [0, 0.05) is 55.5 Å². The lowest BCUT2D eigenvalue weighted by atomic mass is 9.99. The van der Waals surface area contributed by atoms with Crippen LogP contribution in [0.1, 0.15) is 64.1 Å². The van der Waals surface area contributed by atoms with Gasteiger partial charge >= 0.3 is 0 Å². The summed E-state index contributed by atoms with van der Waals surface area (Å²) in [5.41, 5.74) is 1.44. The van der Waals surface area contributed by atoms with Crippen LogP contribution in [0.2, 0.25) is 0 Å². The molecule has 258 valence electrons. The molecule has 3 rings (SSSR count). The average molecular weight is 685 g/mol. The fourth-order valence-corrected chi connectivity index (χ4v) is 6.20. The van der Waals surface area contributed by atoms with Crippen LogP contribution in [-0.4, -0.2) is 80.3 Å². The van der Waals surface area contributed by atoms with Gasteiger partial charge in [0.25, 0.3) is 11.8 Å². The molecule has 13 heteroatoms. The number of terminal acetylenes is 1. The van der Waals surface area contributed by atoms with E-state index in [0.29, 0.717) is 44.1 Å². The van der Waals surface area contributed by atoms with Gasteiger partial charge in [0.1, 0.15) is 11.6 Å². The van der Waals surface area contributed by atoms with Crippen LogP contribution in [-0.2, 0) is 23.0 Å². The molecule has 0 bridgehead atoms. The summed E-state index contributed by atoms with van der Waals surface area (Å²) in [6, 6.07) is 12.5. The van der Waals surface area contributed by atoms with E-state index in [0.717, 1.165) is 29.8 Å². The van der Waals surface area contributed by atoms with E-state index < -0.39 is 52.2 Å². The molecule has 2 atom stereocenters. The van der Waals surface area contributed by atoms with Gasteiger partial charge in [-0.1, -0.05) is 31.9 Å². The quantitative estimate of drug-likeness (QED) is 0.130. The number of amides is 2. The van der Waals surface area contributed by atoms with Gasteiger partial charge in [0.2, 0.25) is 10.0 Å². The van der Waals surface area contributed by atoms with E-state index in [1.165, 1.54) is 6.07 Å². The second kappa shape index (κ2) is 18.4. The van der Waals surface area contributed by atoms with E-state index in [4.69, 9.17) is 6.42 Å². The summed E-state index contributed by atoms with van der Waals surface area (Å²) >= 11 is 0. The standard InChI is InChI=1S/C35H42F2N4O6S/c1-4-11-41(12-5-2)35(45)28-18-27(19-31(20-28)48(46,47)39-10-13-42)34(44)40-32(17-26-15-29(36)21-30(37)16-26)33(43)23-38-22-25-9-7-8-24(6-3)14-25/h3,7-9,14-16,18-21,32-33,38-39,42-43H,4-5,10-13,17,22-23H2,1-2H3,(H,40,44)/t32-,33+/m0/s1. The van der Waals surface area contributed by atoms with Gasteiger partial charge in [-0.05, 0) is 72.9 Å². The molecule has 0 aliphatic heterocycles. The summed E-state index contributed by atoms with van der Waals surface area (Å²) in [6.45, 7) is 4.11. The number of hydrogen-bond donors (Lipinski definition) is 5. The van der Waals surface area contributed by atoms with E-state index in [1.54, 1.807) is 23.1 Å². The first-order chi connectivity index (χ1) is 22.9. The average Bonchev–Trinajstić information content (AvgIpc) is 3.06. The number of aliphatic hydroxyl groups is 2. The van der Waals surface area contributed by atoms with Crippen molar-refractivity contribution in [1.29, 1.82) is 0 Å². The molecule has 48 heavy (non-hydrogen) atoms. The van der Waals surface area contributed by atoms with E-state index in [9.17, 15) is 37.0 Å². The Morgan fingerprint density at radius 2 is 1.62 bits per heavy atom. The van der Waals surface area contributed by atoms with Gasteiger partial charge in [0.05, 0.1) is 23.6 Å². The number of nitrogens with one attached hydrogen (secondary N) is 3. The molecule has 0 aliphatic rings. The van der Waals surface area contributed by atoms with Crippen molar-refractivity contribution in [1.82, 2.24) is 20.3 Å². The van der Waals surface area contributed by atoms with Crippen LogP contribution in [0.15, 0.2) is 65.6 Å². The van der Waals surface area contributed by atoms with Crippen molar-refractivity contribution in [2.24, 2.45) is 0 Å². The van der Waals surface area contributed by atoms with Crippen molar-refractivity contribution in [3.8, 4) is 12.3 Å². The first-order valence-electron chi connectivity index (χ1n) is 15.7. The number of aliphatic hydroxyl groups excluding tert-OH is 2. The van der Waals surface area contributed by atoms with Crippen molar-refractivity contribution >= 4 is 21.8 Å². The Hall–Kier alpha value is -4.19. The van der Waals surface area contributed by atoms with Crippen molar-refractivity contribution in [3.05, 3.63) is 100 Å². The minimum Gasteiger partial charge on any atom is -0.395 e. The maximum Gasteiger partial charge on any atom is 0.253 e. The summed E-state index contributed by atoms with van der Waals surface area (Å²) in [7, 11) is -4.25. The monoisotopic (exact) mass is 684 g/mol. The maximum atomic E-state index is 14.1. The normalized spacial score (nSPS) is 12.6. The topological polar surface area (TPSA) is 148 Å². The number of hydrogen-bond acceptors (Lipinski definition) is 7. The van der Waals surface area contributed by atoms with E-state index in [1.807, 2.05) is 19.9 Å². The predicted octanol–water partition coefficient (Wildman–Crippen LogP) is 2.97. The first kappa shape index (κ1) is 38.3. The lowest BCUT2D eigenvalue weighted by Gasteiger charge is -2.26. The summed E-state index contributed by atoms with van der Waals surface area (Å²) in [4.78, 5) is 28.4. The molecule has 3 aromatic carbocycles. The Balaban J connectivity index is 1.96. The summed E-state index contributed by atoms with van der Waals surface area (Å²) < 4.78 is 56.5. The number of halogens is 2. The number of carbonyl (C=O) groups excluding carboxylic acids is 2. The Bertz CT molecular complexity index is 1690. The number of sulfonamides is 1. The second-order valence-electron chi connectivity index (χ2n) is 11.3. The second-order valence-corrected chi connectivity index (χ2v) is 13.0. The zero-order valence-electron chi connectivity index (χ0n) is 27.0. The molecule has 0 aliphatic carbocycles. The van der Waals surface area contributed by atoms with Gasteiger partial charge in [-0.3, -0.25) is 9.59 Å². The molecule has 0 saturated heterocycles. The van der Waals surface area contributed by atoms with E-state index in [-0.39, 0.29) is 41.1 Å². The molecule has 0 fully saturated rings. The third-order valence-corrected chi connectivity index (χ3v) is 8.78. The number of nitrogens with zero attached hydrogens (tertiary/aromatic N) is 1. The molecule has 0 radical (unpaired) electrons. The van der Waals surface area contributed by atoms with Crippen molar-refractivity contribution in [3.63, 3.8) is 0 Å². The molecule has 0 aromatic heterocycles. The number of benzene rings is 3. The van der Waals surface area contributed by atoms with E-state index in [2.05, 4.69) is 21.3 Å². The predicted molar refractivity (Wildman–Crippen MR) is 179 cm³/mol. The molecule has 2 amide bonds. The molecule has 5 N–H and O–H groups in total. The van der Waals surface area contributed by atoms with Crippen molar-refractivity contribution in [2.75, 3.05) is 32.8 Å². The summed E-state index contributed by atoms with van der Waals surface area (Å²) in [5.74, 6) is -0.430. The minimum atomic E-state index is -4.25. The zero-order chi connectivity index (χ0) is 35.3. The van der Waals surface area contributed by atoms with Crippen LogP contribution in [0.4, 0.5) is 8.78 Å². The Kier molecular flexibility index (Phi) is 14.6. The largest absolute Gasteiger partial charge is 0.395 e. The summed E-state index contributed by atoms with van der Waals surface area (Å²) in [6.07, 6.45) is 5.32. The van der Waals surface area contributed by atoms with Gasteiger partial charge in [-0.25, -0.2) is 21.9 Å². The third kappa shape index (κ3) is 11.2. The fraction of sp³-hybridized carbons (Fsp3) is 0.371. The summed E-state index contributed by atoms with van der Waals surface area (Å²) in [5, 5.41) is 26.1. The van der Waals surface area contributed by atoms with Gasteiger partial charge in [-0.2, -0.15) is 0 Å². The molecule has 0 spiro atoms. The molecule has 0 heterocycles. The van der Waals surface area contributed by atoms with Gasteiger partial charge < -0.3 is 25.7 Å². The van der Waals surface area contributed by atoms with Crippen molar-refractivity contribution in [2.45, 2.75) is 56.7 Å². The van der Waals surface area contributed by atoms with Crippen LogP contribution in [0.25, 0.3) is 0 Å². The number of rotatable bonds is 18. The van der Waals surface area contributed by atoms with Crippen LogP contribution in [0.5, 0.6) is 0 Å². The third-order valence-electron chi connectivity index (χ3n) is 7.34. The highest BCUT2D eigenvalue weighted by Gasteiger charge is 2.26. The lowest BCUT2D eigenvalue weighted by molar-refractivity contribution is 0.0755. The van der Waals surface area contributed by atoms with Crippen molar-refractivity contribution < 1.29 is 37.0 Å². The van der Waals surface area contributed by atoms with Crippen LogP contribution in [0, 0.1) is 24.0 Å². The SMILES string of the molecule is C#Cc1cccc(CNC[C@@H](O)[C@H](Cc2cc(F)cc(F)c2)NC(=O)c2cc(C(=O)N(CCC)CCC)cc(S(=O)(=O)NCCO)c2)c1. The fourth-order valence-electron chi connectivity index (χ4n) is 5.10. The Morgan fingerprint density at radius 3 is 2.25 bits per heavy atom. The molecule has 3 aromatic rings. The Morgan fingerprint density at radius 1 is 0.958 bits per heavy atom. The minimum absolute atomic E-state index is 0.0464. The highest BCUT2D eigenvalue weighted by Crippen LogP contribution is 2.19. The smallest absolute Gasteiger partial charge is 0.253 e. The van der Waals surface area contributed by atoms with Gasteiger partial charge in [-0.15, -0.1) is 6.42 Å². The first-order valence-corrected chi connectivity index (χ1v) is 17.1. The van der Waals surface area contributed by atoms with Crippen LogP contribution < -0.4 is 15.4 Å². The zero-order valence-corrected chi connectivity index (χ0v) is 27.8. The van der Waals surface area contributed by atoms with Gasteiger partial charge in [0.15, 0.2) is 0 Å². The van der Waals surface area contributed by atoms with Crippen LogP contribution in [0.3, 0.4) is 0 Å². The molecular weight excluding hydrogens is 642 g/mol. The maximum absolute atomic E-state index is 14.1. The lowest BCUT2D eigenvalue weighted by Crippen LogP contribution is -2.48. The molecule has 0 saturated carbocycles. The number of carbonyl (C=O) groups is 2. The Labute approximate surface area is 280 Å². The molecule has 0 unspecified atom stereocenters. The molecular formula is C35H42F2N4O6S. The van der Waals surface area contributed by atoms with Crippen LogP contribution >= 0.6 is 0 Å². The highest BCUT2D eigenvalue weighted by molar-refractivity contribution is 7.89.